The van der Waals surface area contributed by atoms with Crippen LogP contribution in [-0.2, 0) is 0 Å². The molecule has 0 unspecified atom stereocenters. The number of nitrogens with zero attached hydrogens (tertiary/aromatic N) is 4. The van der Waals surface area contributed by atoms with E-state index in [1.54, 1.807) is 0 Å². The number of anilines is 2. The van der Waals surface area contributed by atoms with Crippen LogP contribution in [0.4, 0.5) is 11.4 Å². The Balaban J connectivity index is 1.11. The zero-order valence-corrected chi connectivity index (χ0v) is 27.1. The largest absolute Gasteiger partial charge is 0.457 e. The molecule has 0 aliphatic carbocycles. The van der Waals surface area contributed by atoms with Crippen molar-refractivity contribution in [1.82, 2.24) is 9.55 Å². The molecule has 1 aliphatic heterocycles. The van der Waals surface area contributed by atoms with Crippen molar-refractivity contribution in [1.29, 1.82) is 0 Å². The SMILES string of the molecule is CC1=C(C)N(c2cccc(-c3ccccc3)c2)CN1c1cccc(Oc2cc(C)c3c4ccccc4n(-c4ccc(C)cn4)c3c2)c1. The normalized spacial score (nSPS) is 13.3. The standard InChI is InChI=1S/C42H36N4O/c1-28-20-21-41(43-26-28)46-39-19-9-8-18-38(39)42-29(2)22-37(25-40(42)46)47-36-17-11-16-35(24-36)45-27-44(30(3)31(45)4)34-15-10-14-33(23-34)32-12-6-5-7-13-32/h5-26H,27H2,1-4H3. The molecule has 0 radical (unpaired) electrons. The van der Waals surface area contributed by atoms with Gasteiger partial charge >= 0.3 is 0 Å². The summed E-state index contributed by atoms with van der Waals surface area (Å²) in [6, 6.07) is 44.7. The number of para-hydroxylation sites is 1. The quantitative estimate of drug-likeness (QED) is 0.187. The number of aryl methyl sites for hydroxylation is 2. The van der Waals surface area contributed by atoms with E-state index in [1.807, 2.05) is 12.3 Å². The monoisotopic (exact) mass is 612 g/mol. The lowest BCUT2D eigenvalue weighted by molar-refractivity contribution is 0.483. The molecule has 0 spiro atoms. The highest BCUT2D eigenvalue weighted by atomic mass is 16.5. The molecule has 0 amide bonds. The molecule has 0 saturated heterocycles. The number of fused-ring (bicyclic) bond motifs is 3. The molecule has 0 atom stereocenters. The predicted molar refractivity (Wildman–Crippen MR) is 195 cm³/mol. The summed E-state index contributed by atoms with van der Waals surface area (Å²) in [5.74, 6) is 2.49. The summed E-state index contributed by atoms with van der Waals surface area (Å²) in [7, 11) is 0. The van der Waals surface area contributed by atoms with Crippen LogP contribution >= 0.6 is 0 Å². The summed E-state index contributed by atoms with van der Waals surface area (Å²) in [6.45, 7) is 9.35. The molecule has 7 aromatic rings. The zero-order chi connectivity index (χ0) is 32.1. The first-order valence-corrected chi connectivity index (χ1v) is 16.1. The van der Waals surface area contributed by atoms with Gasteiger partial charge in [0, 0.05) is 51.9 Å². The second kappa shape index (κ2) is 11.5. The number of hydrogen-bond donors (Lipinski definition) is 0. The number of rotatable bonds is 6. The second-order valence-corrected chi connectivity index (χ2v) is 12.4. The number of allylic oxidation sites excluding steroid dienone is 2. The molecule has 0 bridgehead atoms. The lowest BCUT2D eigenvalue weighted by Gasteiger charge is -2.24. The minimum absolute atomic E-state index is 0.730. The maximum atomic E-state index is 6.62. The summed E-state index contributed by atoms with van der Waals surface area (Å²) < 4.78 is 8.86. The van der Waals surface area contributed by atoms with E-state index >= 15 is 0 Å². The number of ether oxygens (including phenoxy) is 1. The van der Waals surface area contributed by atoms with Crippen LogP contribution in [0.2, 0.25) is 0 Å². The van der Waals surface area contributed by atoms with Crippen LogP contribution in [0.3, 0.4) is 0 Å². The van der Waals surface area contributed by atoms with Crippen molar-refractivity contribution in [3.63, 3.8) is 0 Å². The van der Waals surface area contributed by atoms with Gasteiger partial charge in [0.25, 0.3) is 0 Å². The molecule has 5 aromatic carbocycles. The van der Waals surface area contributed by atoms with Crippen molar-refractivity contribution >= 4 is 33.2 Å². The van der Waals surface area contributed by atoms with E-state index in [0.717, 1.165) is 51.8 Å². The highest BCUT2D eigenvalue weighted by Crippen LogP contribution is 2.39. The molecule has 5 heteroatoms. The van der Waals surface area contributed by atoms with Crippen LogP contribution in [0.15, 0.2) is 145 Å². The molecule has 5 nitrogen and oxygen atoms in total. The van der Waals surface area contributed by atoms with Gasteiger partial charge in [-0.15, -0.1) is 0 Å². The molecule has 0 N–H and O–H groups in total. The van der Waals surface area contributed by atoms with Gasteiger partial charge in [0.15, 0.2) is 0 Å². The minimum atomic E-state index is 0.730. The molecule has 230 valence electrons. The molecule has 0 saturated carbocycles. The first kappa shape index (κ1) is 28.6. The molecule has 3 heterocycles. The van der Waals surface area contributed by atoms with Crippen LogP contribution in [0.1, 0.15) is 25.0 Å². The van der Waals surface area contributed by atoms with Gasteiger partial charge in [-0.25, -0.2) is 4.98 Å². The Morgan fingerprint density at radius 3 is 2.04 bits per heavy atom. The maximum Gasteiger partial charge on any atom is 0.137 e. The lowest BCUT2D eigenvalue weighted by atomic mass is 10.0. The molecule has 47 heavy (non-hydrogen) atoms. The zero-order valence-electron chi connectivity index (χ0n) is 27.1. The maximum absolute atomic E-state index is 6.62. The van der Waals surface area contributed by atoms with E-state index in [0.29, 0.717) is 0 Å². The average molecular weight is 613 g/mol. The second-order valence-electron chi connectivity index (χ2n) is 12.4. The van der Waals surface area contributed by atoms with Crippen LogP contribution in [0.25, 0.3) is 38.8 Å². The summed E-state index contributed by atoms with van der Waals surface area (Å²) in [5.41, 5.74) is 11.7. The van der Waals surface area contributed by atoms with Gasteiger partial charge < -0.3 is 14.5 Å². The average Bonchev–Trinajstić information content (AvgIpc) is 3.59. The fourth-order valence-electron chi connectivity index (χ4n) is 6.80. The van der Waals surface area contributed by atoms with E-state index < -0.39 is 0 Å². The van der Waals surface area contributed by atoms with Crippen LogP contribution in [0.5, 0.6) is 11.5 Å². The Morgan fingerprint density at radius 1 is 0.574 bits per heavy atom. The van der Waals surface area contributed by atoms with Crippen molar-refractivity contribution in [3.05, 3.63) is 156 Å². The van der Waals surface area contributed by atoms with E-state index in [9.17, 15) is 0 Å². The van der Waals surface area contributed by atoms with Crippen molar-refractivity contribution in [2.24, 2.45) is 0 Å². The summed E-state index contributed by atoms with van der Waals surface area (Å²) >= 11 is 0. The van der Waals surface area contributed by atoms with Gasteiger partial charge in [-0.3, -0.25) is 4.57 Å². The van der Waals surface area contributed by atoms with E-state index in [2.05, 4.69) is 163 Å². The highest BCUT2D eigenvalue weighted by Gasteiger charge is 2.26. The fraction of sp³-hybridized carbons (Fsp3) is 0.119. The third-order valence-electron chi connectivity index (χ3n) is 9.31. The third kappa shape index (κ3) is 5.10. The first-order valence-electron chi connectivity index (χ1n) is 16.1. The third-order valence-corrected chi connectivity index (χ3v) is 9.31. The molecule has 1 aliphatic rings. The van der Waals surface area contributed by atoms with E-state index in [4.69, 9.17) is 9.72 Å². The van der Waals surface area contributed by atoms with Gasteiger partial charge in [0.1, 0.15) is 17.3 Å². The Bertz CT molecular complexity index is 2300. The molecular formula is C42H36N4O. The first-order chi connectivity index (χ1) is 22.9. The Hall–Kier alpha value is -5.81. The number of aromatic nitrogens is 2. The van der Waals surface area contributed by atoms with E-state index in [-0.39, 0.29) is 0 Å². The van der Waals surface area contributed by atoms with Gasteiger partial charge in [-0.05, 0) is 92.4 Å². The summed E-state index contributed by atoms with van der Waals surface area (Å²) in [5, 5.41) is 2.43. The van der Waals surface area contributed by atoms with Crippen LogP contribution < -0.4 is 14.5 Å². The number of benzene rings is 5. The van der Waals surface area contributed by atoms with Gasteiger partial charge in [0.2, 0.25) is 0 Å². The molecule has 0 fully saturated rings. The summed E-state index contributed by atoms with van der Waals surface area (Å²) in [4.78, 5) is 9.52. The van der Waals surface area contributed by atoms with Gasteiger partial charge in [-0.2, -0.15) is 0 Å². The molecular weight excluding hydrogens is 576 g/mol. The van der Waals surface area contributed by atoms with Crippen molar-refractivity contribution < 1.29 is 4.74 Å². The van der Waals surface area contributed by atoms with Crippen molar-refractivity contribution in [3.8, 4) is 28.4 Å². The summed E-state index contributed by atoms with van der Waals surface area (Å²) in [6.07, 6.45) is 1.92. The number of pyridine rings is 1. The van der Waals surface area contributed by atoms with E-state index in [1.165, 1.54) is 39.0 Å². The Labute approximate surface area is 275 Å². The van der Waals surface area contributed by atoms with Crippen LogP contribution in [-0.4, -0.2) is 16.2 Å². The van der Waals surface area contributed by atoms with Crippen LogP contribution in [0, 0.1) is 13.8 Å². The molecule has 2 aromatic heterocycles. The predicted octanol–water partition coefficient (Wildman–Crippen LogP) is 10.8. The van der Waals surface area contributed by atoms with Gasteiger partial charge in [0.05, 0.1) is 17.7 Å². The smallest absolute Gasteiger partial charge is 0.137 e. The van der Waals surface area contributed by atoms with Crippen molar-refractivity contribution in [2.75, 3.05) is 16.5 Å². The lowest BCUT2D eigenvalue weighted by Crippen LogP contribution is -2.27. The van der Waals surface area contributed by atoms with Gasteiger partial charge in [-0.1, -0.05) is 72.8 Å². The molecule has 8 rings (SSSR count). The minimum Gasteiger partial charge on any atom is -0.457 e. The Morgan fingerprint density at radius 2 is 1.28 bits per heavy atom. The Kier molecular flexibility index (Phi) is 7.02. The highest BCUT2D eigenvalue weighted by molar-refractivity contribution is 6.11. The van der Waals surface area contributed by atoms with Crippen molar-refractivity contribution in [2.45, 2.75) is 27.7 Å². The fourth-order valence-corrected chi connectivity index (χ4v) is 6.80. The number of hydrogen-bond acceptors (Lipinski definition) is 4. The topological polar surface area (TPSA) is 33.5 Å².